The van der Waals surface area contributed by atoms with Crippen molar-refractivity contribution in [3.05, 3.63) is 34.3 Å². The van der Waals surface area contributed by atoms with Gasteiger partial charge in [-0.2, -0.15) is 11.4 Å². The number of rotatable bonds is 5. The fourth-order valence-corrected chi connectivity index (χ4v) is 2.78. The summed E-state index contributed by atoms with van der Waals surface area (Å²) < 4.78 is 1.08. The molecule has 0 saturated carbocycles. The SMILES string of the molecule is CCCC[SH]=C(O)C(C)c1ccc(Br)cc1. The molecule has 1 nitrogen and oxygen atoms in total. The van der Waals surface area contributed by atoms with Crippen molar-refractivity contribution >= 4 is 32.3 Å². The quantitative estimate of drug-likeness (QED) is 0.466. The average Bonchev–Trinajstić information content (AvgIpc) is 2.29. The first-order valence-corrected chi connectivity index (χ1v) is 7.51. The van der Waals surface area contributed by atoms with Crippen molar-refractivity contribution in [1.82, 2.24) is 0 Å². The molecule has 0 bridgehead atoms. The molecule has 0 heterocycles. The van der Waals surface area contributed by atoms with Gasteiger partial charge in [-0.25, -0.2) is 0 Å². The highest BCUT2D eigenvalue weighted by Crippen LogP contribution is 2.20. The smallest absolute Gasteiger partial charge is 0.0767 e. The summed E-state index contributed by atoms with van der Waals surface area (Å²) in [5.41, 5.74) is 1.17. The molecular formula is C13H19BrOS. The standard InChI is InChI=1S/C13H19BrOS/c1-3-4-9-16-13(15)10(2)11-5-7-12(14)8-6-11/h5-8,10,15-16H,3-4,9H2,1-2H3. The Morgan fingerprint density at radius 2 is 2.00 bits per heavy atom. The number of aliphatic hydroxyl groups excluding tert-OH is 1. The van der Waals surface area contributed by atoms with E-state index in [1.54, 1.807) is 0 Å². The van der Waals surface area contributed by atoms with Crippen molar-refractivity contribution in [1.29, 1.82) is 0 Å². The summed E-state index contributed by atoms with van der Waals surface area (Å²) in [7, 11) is 0. The van der Waals surface area contributed by atoms with Crippen molar-refractivity contribution in [2.24, 2.45) is 0 Å². The van der Waals surface area contributed by atoms with Crippen LogP contribution >= 0.6 is 27.3 Å². The van der Waals surface area contributed by atoms with E-state index >= 15 is 0 Å². The predicted octanol–water partition coefficient (Wildman–Crippen LogP) is 4.51. The predicted molar refractivity (Wildman–Crippen MR) is 79.0 cm³/mol. The van der Waals surface area contributed by atoms with Gasteiger partial charge < -0.3 is 5.11 Å². The molecule has 1 unspecified atom stereocenters. The molecule has 0 spiro atoms. The molecule has 0 fully saturated rings. The molecule has 3 heteroatoms. The van der Waals surface area contributed by atoms with Gasteiger partial charge >= 0.3 is 0 Å². The van der Waals surface area contributed by atoms with Crippen molar-refractivity contribution in [3.8, 4) is 0 Å². The Kier molecular flexibility index (Phi) is 6.32. The minimum atomic E-state index is 0.131. The molecule has 0 aliphatic rings. The van der Waals surface area contributed by atoms with Gasteiger partial charge in [-0.3, -0.25) is 0 Å². The molecule has 1 atom stereocenters. The zero-order chi connectivity index (χ0) is 12.0. The van der Waals surface area contributed by atoms with Crippen LogP contribution < -0.4 is 0 Å². The zero-order valence-corrected chi connectivity index (χ0v) is 12.3. The highest BCUT2D eigenvalue weighted by Gasteiger charge is 2.08. The molecule has 16 heavy (non-hydrogen) atoms. The lowest BCUT2D eigenvalue weighted by Crippen LogP contribution is -2.06. The summed E-state index contributed by atoms with van der Waals surface area (Å²) in [6.07, 6.45) is 2.37. The highest BCUT2D eigenvalue weighted by molar-refractivity contribution is 9.10. The molecule has 1 aromatic rings. The molecule has 1 aromatic carbocycles. The van der Waals surface area contributed by atoms with Crippen molar-refractivity contribution in [2.45, 2.75) is 32.6 Å². The van der Waals surface area contributed by atoms with Crippen LogP contribution in [0.25, 0.3) is 0 Å². The third-order valence-electron chi connectivity index (χ3n) is 2.54. The van der Waals surface area contributed by atoms with E-state index in [9.17, 15) is 5.11 Å². The maximum absolute atomic E-state index is 9.96. The molecule has 0 aliphatic carbocycles. The Labute approximate surface area is 110 Å². The second-order valence-electron chi connectivity index (χ2n) is 3.87. The van der Waals surface area contributed by atoms with Gasteiger partial charge in [0.15, 0.2) is 0 Å². The Bertz CT molecular complexity index is 345. The topological polar surface area (TPSA) is 20.2 Å². The first-order chi connectivity index (χ1) is 7.65. The number of thiol groups is 1. The summed E-state index contributed by atoms with van der Waals surface area (Å²) in [5.74, 6) is 1.19. The summed E-state index contributed by atoms with van der Waals surface area (Å²) in [4.78, 5) is 0. The normalized spacial score (nSPS) is 14.4. The van der Waals surface area contributed by atoms with E-state index in [0.29, 0.717) is 5.05 Å². The van der Waals surface area contributed by atoms with E-state index in [0.717, 1.165) is 21.6 Å². The lowest BCUT2D eigenvalue weighted by Gasteiger charge is -2.11. The van der Waals surface area contributed by atoms with E-state index in [1.165, 1.54) is 18.4 Å². The molecule has 90 valence electrons. The van der Waals surface area contributed by atoms with Crippen molar-refractivity contribution in [3.63, 3.8) is 0 Å². The minimum Gasteiger partial charge on any atom is -0.359 e. The minimum absolute atomic E-state index is 0.131. The Hall–Kier alpha value is -0.120. The van der Waals surface area contributed by atoms with Gasteiger partial charge in [0.25, 0.3) is 0 Å². The molecule has 0 saturated heterocycles. The van der Waals surface area contributed by atoms with Crippen LogP contribution in [0.4, 0.5) is 0 Å². The number of halogens is 1. The van der Waals surface area contributed by atoms with Crippen LogP contribution in [0.2, 0.25) is 0 Å². The van der Waals surface area contributed by atoms with Crippen molar-refractivity contribution < 1.29 is 5.11 Å². The number of aliphatic hydroxyl groups is 1. The van der Waals surface area contributed by atoms with Crippen LogP contribution in [0.5, 0.6) is 0 Å². The zero-order valence-electron chi connectivity index (χ0n) is 9.78. The van der Waals surface area contributed by atoms with Gasteiger partial charge in [0.2, 0.25) is 0 Å². The first kappa shape index (κ1) is 13.9. The van der Waals surface area contributed by atoms with Crippen LogP contribution in [0.3, 0.4) is 0 Å². The molecule has 0 radical (unpaired) electrons. The van der Waals surface area contributed by atoms with Gasteiger partial charge in [0, 0.05) is 10.4 Å². The van der Waals surface area contributed by atoms with Gasteiger partial charge in [0.1, 0.15) is 0 Å². The van der Waals surface area contributed by atoms with Crippen LogP contribution in [0, 0.1) is 0 Å². The molecule has 0 aliphatic heterocycles. The summed E-state index contributed by atoms with van der Waals surface area (Å²) in [5, 5.41) is 10.5. The average molecular weight is 303 g/mol. The van der Waals surface area contributed by atoms with E-state index in [2.05, 4.69) is 41.9 Å². The Morgan fingerprint density at radius 3 is 2.56 bits per heavy atom. The molecule has 0 amide bonds. The number of hydrogen-bond donors (Lipinski definition) is 2. The molecule has 0 aromatic heterocycles. The van der Waals surface area contributed by atoms with Crippen LogP contribution in [-0.2, 0) is 0 Å². The van der Waals surface area contributed by atoms with E-state index in [-0.39, 0.29) is 5.92 Å². The van der Waals surface area contributed by atoms with E-state index in [4.69, 9.17) is 0 Å². The second-order valence-corrected chi connectivity index (χ2v) is 6.00. The van der Waals surface area contributed by atoms with Gasteiger partial charge in [-0.05, 0) is 29.9 Å². The lowest BCUT2D eigenvalue weighted by molar-refractivity contribution is 0.538. The molecule has 1 N–H and O–H groups in total. The molecule has 1 rings (SSSR count). The second kappa shape index (κ2) is 7.25. The van der Waals surface area contributed by atoms with Gasteiger partial charge in [-0.1, -0.05) is 48.3 Å². The van der Waals surface area contributed by atoms with Gasteiger partial charge in [-0.15, -0.1) is 0 Å². The number of unbranched alkanes of at least 4 members (excludes halogenated alkanes) is 1. The number of hydrogen-bond acceptors (Lipinski definition) is 0. The lowest BCUT2D eigenvalue weighted by atomic mass is 10.0. The maximum Gasteiger partial charge on any atom is 0.0767 e. The van der Waals surface area contributed by atoms with E-state index < -0.39 is 0 Å². The number of benzene rings is 1. The van der Waals surface area contributed by atoms with Gasteiger partial charge in [0.05, 0.1) is 5.05 Å². The Morgan fingerprint density at radius 1 is 1.38 bits per heavy atom. The van der Waals surface area contributed by atoms with Crippen LogP contribution in [0.15, 0.2) is 28.7 Å². The third-order valence-corrected chi connectivity index (χ3v) is 4.32. The fourth-order valence-electron chi connectivity index (χ4n) is 1.39. The van der Waals surface area contributed by atoms with Crippen molar-refractivity contribution in [2.75, 3.05) is 5.75 Å². The van der Waals surface area contributed by atoms with Crippen LogP contribution in [0.1, 0.15) is 38.2 Å². The third kappa shape index (κ3) is 4.40. The van der Waals surface area contributed by atoms with Crippen LogP contribution in [-0.4, -0.2) is 15.9 Å². The highest BCUT2D eigenvalue weighted by atomic mass is 79.9. The first-order valence-electron chi connectivity index (χ1n) is 5.64. The summed E-state index contributed by atoms with van der Waals surface area (Å²) in [6, 6.07) is 8.14. The van der Waals surface area contributed by atoms with E-state index in [1.807, 2.05) is 12.1 Å². The maximum atomic E-state index is 9.96. The fraction of sp³-hybridized carbons (Fsp3) is 0.462. The monoisotopic (exact) mass is 302 g/mol. The Balaban J connectivity index is 2.66. The summed E-state index contributed by atoms with van der Waals surface area (Å²) in [6.45, 7) is 4.22. The largest absolute Gasteiger partial charge is 0.359 e. The molecular weight excluding hydrogens is 284 g/mol. The summed E-state index contributed by atoms with van der Waals surface area (Å²) >= 11 is 4.48.